The van der Waals surface area contributed by atoms with Gasteiger partial charge >= 0.3 is 0 Å². The summed E-state index contributed by atoms with van der Waals surface area (Å²) in [4.78, 5) is 18.2. The Hall–Kier alpha value is -1.36. The van der Waals surface area contributed by atoms with Crippen LogP contribution in [0.4, 0.5) is 0 Å². The minimum Gasteiger partial charge on any atom is -0.343 e. The quantitative estimate of drug-likeness (QED) is 0.848. The van der Waals surface area contributed by atoms with Crippen LogP contribution in [0.5, 0.6) is 0 Å². The average Bonchev–Trinajstić information content (AvgIpc) is 2.85. The second-order valence-electron chi connectivity index (χ2n) is 4.80. The standard InChI is InChI=1S/C13H22N4O/c1-14-9-12-10-15-11-17(12)8-5-13(18)16-6-3-2-4-7-16/h10-11,14H,2-9H2,1H3. The number of aromatic nitrogens is 2. The fraction of sp³-hybridized carbons (Fsp3) is 0.692. The summed E-state index contributed by atoms with van der Waals surface area (Å²) in [6.07, 6.45) is 7.80. The molecule has 100 valence electrons. The molecule has 1 aliphatic rings. The van der Waals surface area contributed by atoms with Gasteiger partial charge in [0.15, 0.2) is 0 Å². The zero-order valence-corrected chi connectivity index (χ0v) is 11.1. The van der Waals surface area contributed by atoms with Crippen LogP contribution >= 0.6 is 0 Å². The van der Waals surface area contributed by atoms with E-state index in [1.807, 2.05) is 18.1 Å². The van der Waals surface area contributed by atoms with Crippen LogP contribution in [0.25, 0.3) is 0 Å². The van der Waals surface area contributed by atoms with E-state index in [1.165, 1.54) is 6.42 Å². The Bertz CT molecular complexity index is 382. The Labute approximate surface area is 108 Å². The number of nitrogens with one attached hydrogen (secondary N) is 1. The smallest absolute Gasteiger partial charge is 0.224 e. The number of hydrogen-bond donors (Lipinski definition) is 1. The Morgan fingerprint density at radius 1 is 1.39 bits per heavy atom. The summed E-state index contributed by atoms with van der Waals surface area (Å²) >= 11 is 0. The first-order valence-corrected chi connectivity index (χ1v) is 6.72. The second kappa shape index (κ2) is 6.54. The van der Waals surface area contributed by atoms with E-state index in [4.69, 9.17) is 0 Å². The van der Waals surface area contributed by atoms with Gasteiger partial charge in [-0.1, -0.05) is 0 Å². The van der Waals surface area contributed by atoms with Crippen molar-refractivity contribution in [3.8, 4) is 0 Å². The average molecular weight is 250 g/mol. The second-order valence-corrected chi connectivity index (χ2v) is 4.80. The highest BCUT2D eigenvalue weighted by atomic mass is 16.2. The molecule has 0 atom stereocenters. The number of amides is 1. The minimum atomic E-state index is 0.277. The van der Waals surface area contributed by atoms with E-state index in [2.05, 4.69) is 14.9 Å². The fourth-order valence-electron chi connectivity index (χ4n) is 2.40. The molecule has 2 heterocycles. The van der Waals surface area contributed by atoms with E-state index in [1.54, 1.807) is 6.33 Å². The van der Waals surface area contributed by atoms with E-state index in [-0.39, 0.29) is 5.91 Å². The molecule has 1 saturated heterocycles. The van der Waals surface area contributed by atoms with Crippen LogP contribution in [-0.4, -0.2) is 40.5 Å². The molecule has 1 aromatic heterocycles. The van der Waals surface area contributed by atoms with E-state index in [0.717, 1.165) is 44.7 Å². The maximum Gasteiger partial charge on any atom is 0.224 e. The lowest BCUT2D eigenvalue weighted by atomic mass is 10.1. The summed E-state index contributed by atoms with van der Waals surface area (Å²) in [6, 6.07) is 0. The van der Waals surface area contributed by atoms with Crippen molar-refractivity contribution in [3.63, 3.8) is 0 Å². The molecule has 1 N–H and O–H groups in total. The van der Waals surface area contributed by atoms with Gasteiger partial charge in [-0.15, -0.1) is 0 Å². The van der Waals surface area contributed by atoms with Crippen LogP contribution in [0, 0.1) is 0 Å². The van der Waals surface area contributed by atoms with Crippen LogP contribution in [0.3, 0.4) is 0 Å². The molecule has 0 saturated carbocycles. The molecule has 0 unspecified atom stereocenters. The first kappa shape index (κ1) is 13.1. The van der Waals surface area contributed by atoms with E-state index < -0.39 is 0 Å². The summed E-state index contributed by atoms with van der Waals surface area (Å²) in [5.74, 6) is 0.277. The van der Waals surface area contributed by atoms with Crippen LogP contribution in [0.1, 0.15) is 31.4 Å². The van der Waals surface area contributed by atoms with E-state index in [9.17, 15) is 4.79 Å². The van der Waals surface area contributed by atoms with Crippen molar-refractivity contribution in [3.05, 3.63) is 18.2 Å². The molecule has 5 heteroatoms. The highest BCUT2D eigenvalue weighted by Crippen LogP contribution is 2.10. The predicted octanol–water partition coefficient (Wildman–Crippen LogP) is 1.01. The lowest BCUT2D eigenvalue weighted by Gasteiger charge is -2.26. The van der Waals surface area contributed by atoms with Gasteiger partial charge in [-0.25, -0.2) is 4.98 Å². The lowest BCUT2D eigenvalue weighted by molar-refractivity contribution is -0.132. The number of nitrogens with zero attached hydrogens (tertiary/aromatic N) is 3. The highest BCUT2D eigenvalue weighted by molar-refractivity contribution is 5.76. The lowest BCUT2D eigenvalue weighted by Crippen LogP contribution is -2.36. The van der Waals surface area contributed by atoms with Crippen LogP contribution in [0.15, 0.2) is 12.5 Å². The molecular weight excluding hydrogens is 228 g/mol. The molecule has 0 aromatic carbocycles. The predicted molar refractivity (Wildman–Crippen MR) is 70.0 cm³/mol. The number of carbonyl (C=O) groups is 1. The number of piperidine rings is 1. The summed E-state index contributed by atoms with van der Waals surface area (Å²) in [5, 5.41) is 3.11. The Kier molecular flexibility index (Phi) is 4.75. The molecule has 5 nitrogen and oxygen atoms in total. The molecule has 2 rings (SSSR count). The molecule has 1 amide bonds. The van der Waals surface area contributed by atoms with E-state index in [0.29, 0.717) is 6.42 Å². The summed E-state index contributed by atoms with van der Waals surface area (Å²) in [5.41, 5.74) is 1.13. The molecule has 1 fully saturated rings. The minimum absolute atomic E-state index is 0.277. The number of carbonyl (C=O) groups excluding carboxylic acids is 1. The van der Waals surface area contributed by atoms with Gasteiger partial charge in [0.25, 0.3) is 0 Å². The van der Waals surface area contributed by atoms with Crippen molar-refractivity contribution < 1.29 is 4.79 Å². The van der Waals surface area contributed by atoms with Crippen molar-refractivity contribution in [2.75, 3.05) is 20.1 Å². The third-order valence-corrected chi connectivity index (χ3v) is 3.43. The zero-order chi connectivity index (χ0) is 12.8. The van der Waals surface area contributed by atoms with Gasteiger partial charge in [-0.3, -0.25) is 4.79 Å². The van der Waals surface area contributed by atoms with E-state index >= 15 is 0 Å². The van der Waals surface area contributed by atoms with Gasteiger partial charge in [0.05, 0.1) is 12.0 Å². The van der Waals surface area contributed by atoms with Gasteiger partial charge in [-0.2, -0.15) is 0 Å². The summed E-state index contributed by atoms with van der Waals surface area (Å²) < 4.78 is 2.05. The van der Waals surface area contributed by atoms with Crippen molar-refractivity contribution in [1.82, 2.24) is 19.8 Å². The van der Waals surface area contributed by atoms with Crippen molar-refractivity contribution in [1.29, 1.82) is 0 Å². The zero-order valence-electron chi connectivity index (χ0n) is 11.1. The fourth-order valence-corrected chi connectivity index (χ4v) is 2.40. The SMILES string of the molecule is CNCc1cncn1CCC(=O)N1CCCCC1. The molecule has 1 aromatic rings. The van der Waals surface area contributed by atoms with Gasteiger partial charge in [0, 0.05) is 38.8 Å². The third-order valence-electron chi connectivity index (χ3n) is 3.43. The normalized spacial score (nSPS) is 15.9. The molecule has 1 aliphatic heterocycles. The molecule has 0 radical (unpaired) electrons. The van der Waals surface area contributed by atoms with Crippen molar-refractivity contribution >= 4 is 5.91 Å². The number of aryl methyl sites for hydroxylation is 1. The molecular formula is C13H22N4O. The van der Waals surface area contributed by atoms with Gasteiger partial charge < -0.3 is 14.8 Å². The number of hydrogen-bond acceptors (Lipinski definition) is 3. The summed E-state index contributed by atoms with van der Waals surface area (Å²) in [6.45, 7) is 3.39. The molecule has 0 aliphatic carbocycles. The number of likely N-dealkylation sites (tertiary alicyclic amines) is 1. The molecule has 0 bridgehead atoms. The van der Waals surface area contributed by atoms with Crippen molar-refractivity contribution in [2.45, 2.75) is 38.8 Å². The largest absolute Gasteiger partial charge is 0.343 e. The maximum atomic E-state index is 12.0. The molecule has 18 heavy (non-hydrogen) atoms. The first-order valence-electron chi connectivity index (χ1n) is 6.72. The maximum absolute atomic E-state index is 12.0. The van der Waals surface area contributed by atoms with Crippen molar-refractivity contribution in [2.24, 2.45) is 0 Å². The number of rotatable bonds is 5. The van der Waals surface area contributed by atoms with Gasteiger partial charge in [0.2, 0.25) is 5.91 Å². The van der Waals surface area contributed by atoms with Crippen LogP contribution < -0.4 is 5.32 Å². The topological polar surface area (TPSA) is 50.2 Å². The Morgan fingerprint density at radius 2 is 2.17 bits per heavy atom. The Balaban J connectivity index is 1.82. The monoisotopic (exact) mass is 250 g/mol. The number of imidazole rings is 1. The van der Waals surface area contributed by atoms with Crippen LogP contribution in [0.2, 0.25) is 0 Å². The van der Waals surface area contributed by atoms with Crippen LogP contribution in [-0.2, 0) is 17.9 Å². The van der Waals surface area contributed by atoms with Gasteiger partial charge in [-0.05, 0) is 26.3 Å². The Morgan fingerprint density at radius 3 is 2.89 bits per heavy atom. The summed E-state index contributed by atoms with van der Waals surface area (Å²) in [7, 11) is 1.91. The highest BCUT2D eigenvalue weighted by Gasteiger charge is 2.16. The first-order chi connectivity index (χ1) is 8.81. The molecule has 0 spiro atoms. The third kappa shape index (κ3) is 3.32. The van der Waals surface area contributed by atoms with Gasteiger partial charge in [0.1, 0.15) is 0 Å².